The Kier molecular flexibility index (Phi) is 4.77. The fraction of sp³-hybridized carbons (Fsp3) is 0.304. The number of anilines is 1. The van der Waals surface area contributed by atoms with Gasteiger partial charge in [0.25, 0.3) is 0 Å². The molecule has 3 nitrogen and oxygen atoms in total. The van der Waals surface area contributed by atoms with Crippen LogP contribution in [0.25, 0.3) is 0 Å². The summed E-state index contributed by atoms with van der Waals surface area (Å²) in [5.41, 5.74) is 5.86. The highest BCUT2D eigenvalue weighted by Crippen LogP contribution is 2.45. The minimum absolute atomic E-state index is 0.0641. The molecule has 0 aromatic heterocycles. The number of allylic oxidation sites excluding steroid dienone is 2. The Morgan fingerprint density at radius 1 is 1.00 bits per heavy atom. The first-order valence-corrected chi connectivity index (χ1v) is 10.2. The summed E-state index contributed by atoms with van der Waals surface area (Å²) in [6, 6.07) is 14.1. The molecule has 1 unspecified atom stereocenters. The van der Waals surface area contributed by atoms with Crippen molar-refractivity contribution in [1.29, 1.82) is 0 Å². The summed E-state index contributed by atoms with van der Waals surface area (Å²) in [6.07, 6.45) is 2.45. The average Bonchev–Trinajstić information content (AvgIpc) is 2.60. The SMILES string of the molecule is Cc1cc(C)cc(N2C(=O)CC(c3ccccc3Br)C3=C2CCCC3=O)c1. The number of Topliss-reactive ketones (excluding diaryl/α,β-unsaturated/α-hetero) is 1. The Morgan fingerprint density at radius 3 is 2.41 bits per heavy atom. The van der Waals surface area contributed by atoms with Crippen LogP contribution in [-0.4, -0.2) is 11.7 Å². The van der Waals surface area contributed by atoms with E-state index in [1.54, 1.807) is 4.90 Å². The smallest absolute Gasteiger partial charge is 0.232 e. The van der Waals surface area contributed by atoms with E-state index >= 15 is 0 Å². The van der Waals surface area contributed by atoms with Crippen LogP contribution < -0.4 is 4.90 Å². The molecule has 1 aliphatic heterocycles. The van der Waals surface area contributed by atoms with E-state index in [9.17, 15) is 9.59 Å². The van der Waals surface area contributed by atoms with Crippen LogP contribution in [0.5, 0.6) is 0 Å². The Bertz CT molecular complexity index is 956. The zero-order valence-electron chi connectivity index (χ0n) is 15.6. The van der Waals surface area contributed by atoms with Gasteiger partial charge in [0.1, 0.15) is 0 Å². The summed E-state index contributed by atoms with van der Waals surface area (Å²) in [6.45, 7) is 4.08. The van der Waals surface area contributed by atoms with Gasteiger partial charge in [0, 0.05) is 40.2 Å². The van der Waals surface area contributed by atoms with Crippen LogP contribution >= 0.6 is 15.9 Å². The predicted octanol–water partition coefficient (Wildman–Crippen LogP) is 5.59. The molecule has 2 aliphatic rings. The lowest BCUT2D eigenvalue weighted by molar-refractivity contribution is -0.119. The number of halogens is 1. The topological polar surface area (TPSA) is 37.4 Å². The molecule has 0 saturated carbocycles. The van der Waals surface area contributed by atoms with Crippen LogP contribution in [0.1, 0.15) is 48.3 Å². The van der Waals surface area contributed by atoms with Crippen LogP contribution in [0.3, 0.4) is 0 Å². The number of hydrogen-bond acceptors (Lipinski definition) is 2. The van der Waals surface area contributed by atoms with Crippen LogP contribution in [-0.2, 0) is 9.59 Å². The normalized spacial score (nSPS) is 20.1. The minimum Gasteiger partial charge on any atom is -0.294 e. The van der Waals surface area contributed by atoms with E-state index in [4.69, 9.17) is 0 Å². The number of carbonyl (C=O) groups excluding carboxylic acids is 2. The van der Waals surface area contributed by atoms with Crippen molar-refractivity contribution in [3.8, 4) is 0 Å². The summed E-state index contributed by atoms with van der Waals surface area (Å²) in [5, 5.41) is 0. The van der Waals surface area contributed by atoms with Crippen molar-refractivity contribution in [2.75, 3.05) is 4.90 Å². The summed E-state index contributed by atoms with van der Waals surface area (Å²) < 4.78 is 0.952. The maximum atomic E-state index is 13.2. The van der Waals surface area contributed by atoms with Gasteiger partial charge in [-0.2, -0.15) is 0 Å². The van der Waals surface area contributed by atoms with Crippen molar-refractivity contribution in [3.63, 3.8) is 0 Å². The van der Waals surface area contributed by atoms with E-state index < -0.39 is 0 Å². The third kappa shape index (κ3) is 3.27. The molecular weight excluding hydrogens is 402 g/mol. The number of benzene rings is 2. The molecule has 1 atom stereocenters. The molecule has 1 aliphatic carbocycles. The molecule has 4 heteroatoms. The Morgan fingerprint density at radius 2 is 1.70 bits per heavy atom. The van der Waals surface area contributed by atoms with Gasteiger partial charge in [-0.3, -0.25) is 14.5 Å². The number of nitrogens with zero attached hydrogens (tertiary/aromatic N) is 1. The van der Waals surface area contributed by atoms with Crippen LogP contribution in [0.15, 0.2) is 58.2 Å². The Balaban J connectivity index is 1.90. The molecule has 1 heterocycles. The molecule has 27 heavy (non-hydrogen) atoms. The molecule has 0 saturated heterocycles. The largest absolute Gasteiger partial charge is 0.294 e. The lowest BCUT2D eigenvalue weighted by atomic mass is 9.77. The highest BCUT2D eigenvalue weighted by molar-refractivity contribution is 9.10. The summed E-state index contributed by atoms with van der Waals surface area (Å²) in [4.78, 5) is 28.0. The van der Waals surface area contributed by atoms with Gasteiger partial charge in [-0.05, 0) is 61.6 Å². The van der Waals surface area contributed by atoms with E-state index in [-0.39, 0.29) is 17.6 Å². The standard InChI is InChI=1S/C23H22BrNO2/c1-14-10-15(2)12-16(11-14)25-20-8-5-9-21(26)23(20)18(13-22(25)27)17-6-3-4-7-19(17)24/h3-4,6-7,10-12,18H,5,8-9,13H2,1-2H3. The number of aryl methyl sites for hydroxylation is 2. The van der Waals surface area contributed by atoms with Gasteiger partial charge in [0.2, 0.25) is 5.91 Å². The Hall–Kier alpha value is -2.20. The van der Waals surface area contributed by atoms with E-state index in [1.807, 2.05) is 50.2 Å². The molecule has 2 aromatic carbocycles. The predicted molar refractivity (Wildman–Crippen MR) is 111 cm³/mol. The number of hydrogen-bond donors (Lipinski definition) is 0. The van der Waals surface area contributed by atoms with Gasteiger partial charge in [0.05, 0.1) is 0 Å². The zero-order chi connectivity index (χ0) is 19.1. The third-order valence-corrected chi connectivity index (χ3v) is 6.14. The molecular formula is C23H22BrNO2. The third-order valence-electron chi connectivity index (χ3n) is 5.42. The first-order valence-electron chi connectivity index (χ1n) is 9.37. The van der Waals surface area contributed by atoms with Gasteiger partial charge in [0.15, 0.2) is 5.78 Å². The average molecular weight is 424 g/mol. The number of carbonyl (C=O) groups is 2. The van der Waals surface area contributed by atoms with Crippen LogP contribution in [0.4, 0.5) is 5.69 Å². The van der Waals surface area contributed by atoms with Crippen molar-refractivity contribution in [2.24, 2.45) is 0 Å². The highest BCUT2D eigenvalue weighted by atomic mass is 79.9. The van der Waals surface area contributed by atoms with Crippen molar-refractivity contribution in [3.05, 3.63) is 74.9 Å². The number of amides is 1. The molecule has 2 aromatic rings. The van der Waals surface area contributed by atoms with Crippen molar-refractivity contribution >= 4 is 33.3 Å². The molecule has 0 N–H and O–H groups in total. The zero-order valence-corrected chi connectivity index (χ0v) is 17.2. The van der Waals surface area contributed by atoms with Gasteiger partial charge in [-0.1, -0.05) is 40.2 Å². The van der Waals surface area contributed by atoms with Gasteiger partial charge < -0.3 is 0 Å². The first kappa shape index (κ1) is 18.2. The molecule has 0 radical (unpaired) electrons. The second-order valence-electron chi connectivity index (χ2n) is 7.49. The fourth-order valence-electron chi connectivity index (χ4n) is 4.40. The Labute approximate surface area is 168 Å². The lowest BCUT2D eigenvalue weighted by Crippen LogP contribution is -2.40. The maximum absolute atomic E-state index is 13.2. The summed E-state index contributed by atoms with van der Waals surface area (Å²) in [7, 11) is 0. The minimum atomic E-state index is -0.168. The number of ketones is 1. The van der Waals surface area contributed by atoms with Gasteiger partial charge >= 0.3 is 0 Å². The summed E-state index contributed by atoms with van der Waals surface area (Å²) in [5.74, 6) is 0.0751. The van der Waals surface area contributed by atoms with Gasteiger partial charge in [-0.25, -0.2) is 0 Å². The molecule has 4 rings (SSSR count). The fourth-order valence-corrected chi connectivity index (χ4v) is 4.96. The summed E-state index contributed by atoms with van der Waals surface area (Å²) >= 11 is 3.61. The van der Waals surface area contributed by atoms with Gasteiger partial charge in [-0.15, -0.1) is 0 Å². The highest BCUT2D eigenvalue weighted by Gasteiger charge is 2.40. The quantitative estimate of drug-likeness (QED) is 0.630. The second kappa shape index (κ2) is 7.08. The van der Waals surface area contributed by atoms with Crippen molar-refractivity contribution in [1.82, 2.24) is 0 Å². The van der Waals surface area contributed by atoms with Crippen LogP contribution in [0.2, 0.25) is 0 Å². The van der Waals surface area contributed by atoms with E-state index in [0.29, 0.717) is 12.8 Å². The molecule has 1 amide bonds. The van der Waals surface area contributed by atoms with Crippen molar-refractivity contribution < 1.29 is 9.59 Å². The first-order chi connectivity index (χ1) is 13.0. The maximum Gasteiger partial charge on any atom is 0.232 e. The lowest BCUT2D eigenvalue weighted by Gasteiger charge is -2.38. The number of rotatable bonds is 2. The van der Waals surface area contributed by atoms with Crippen molar-refractivity contribution in [2.45, 2.75) is 45.4 Å². The van der Waals surface area contributed by atoms with E-state index in [2.05, 4.69) is 22.0 Å². The monoisotopic (exact) mass is 423 g/mol. The second-order valence-corrected chi connectivity index (χ2v) is 8.34. The molecule has 0 spiro atoms. The molecule has 138 valence electrons. The van der Waals surface area contributed by atoms with E-state index in [1.165, 1.54) is 0 Å². The molecule has 0 fully saturated rings. The van der Waals surface area contributed by atoms with E-state index in [0.717, 1.165) is 51.0 Å². The van der Waals surface area contributed by atoms with Crippen LogP contribution in [0, 0.1) is 13.8 Å². The molecule has 0 bridgehead atoms.